The van der Waals surface area contributed by atoms with Gasteiger partial charge in [0.1, 0.15) is 5.69 Å². The topological polar surface area (TPSA) is 75.2 Å². The van der Waals surface area contributed by atoms with Gasteiger partial charge in [-0.2, -0.15) is 10.4 Å². The van der Waals surface area contributed by atoms with Crippen molar-refractivity contribution in [2.45, 2.75) is 6.04 Å². The highest BCUT2D eigenvalue weighted by Crippen LogP contribution is 2.29. The first-order chi connectivity index (χ1) is 13.7. The molecule has 0 radical (unpaired) electrons. The fourth-order valence-corrected chi connectivity index (χ4v) is 3.17. The Morgan fingerprint density at radius 2 is 1.93 bits per heavy atom. The molecule has 1 aliphatic heterocycles. The van der Waals surface area contributed by atoms with E-state index in [1.807, 2.05) is 54.7 Å². The van der Waals surface area contributed by atoms with Gasteiger partial charge in [-0.1, -0.05) is 47.5 Å². The summed E-state index contributed by atoms with van der Waals surface area (Å²) in [6.45, 7) is 1.07. The zero-order valence-corrected chi connectivity index (χ0v) is 16.2. The maximum atomic E-state index is 9.14. The normalized spacial score (nSPS) is 14.4. The molecule has 0 aliphatic carbocycles. The number of hydrogen-bond donors (Lipinski definition) is 1. The van der Waals surface area contributed by atoms with Gasteiger partial charge in [-0.15, -0.1) is 0 Å². The van der Waals surface area contributed by atoms with Crippen LogP contribution in [0.1, 0.15) is 5.69 Å². The second kappa shape index (κ2) is 8.03. The van der Waals surface area contributed by atoms with Crippen molar-refractivity contribution < 1.29 is 4.74 Å². The molecule has 2 heterocycles. The molecule has 0 saturated carbocycles. The third kappa shape index (κ3) is 3.73. The Morgan fingerprint density at radius 3 is 2.57 bits per heavy atom. The second-order valence-corrected chi connectivity index (χ2v) is 7.03. The zero-order valence-electron chi connectivity index (χ0n) is 14.6. The summed E-state index contributed by atoms with van der Waals surface area (Å²) < 4.78 is 6.91. The number of amidine groups is 1. The molecule has 28 heavy (non-hydrogen) atoms. The molecule has 0 unspecified atom stereocenters. The lowest BCUT2D eigenvalue weighted by atomic mass is 10.1. The molecular weight excluding hydrogens is 397 g/mol. The molecule has 1 fully saturated rings. The molecule has 8 heteroatoms. The summed E-state index contributed by atoms with van der Waals surface area (Å²) in [6, 6.07) is 16.8. The first-order valence-corrected chi connectivity index (χ1v) is 9.33. The third-order valence-electron chi connectivity index (χ3n) is 4.28. The quantitative estimate of drug-likeness (QED) is 0.304. The Balaban J connectivity index is 1.86. The van der Waals surface area contributed by atoms with Crippen LogP contribution in [0.15, 0.2) is 59.6 Å². The zero-order chi connectivity index (χ0) is 19.5. The highest BCUT2D eigenvalue weighted by Gasteiger charge is 2.21. The van der Waals surface area contributed by atoms with Crippen LogP contribution in [0, 0.1) is 11.5 Å². The van der Waals surface area contributed by atoms with Gasteiger partial charge in [0.05, 0.1) is 35.7 Å². The number of benzene rings is 2. The summed E-state index contributed by atoms with van der Waals surface area (Å²) in [6.07, 6.45) is 1.93. The molecule has 140 valence electrons. The summed E-state index contributed by atoms with van der Waals surface area (Å²) in [5.74, 6) is 0.400. The lowest BCUT2D eigenvalue weighted by Gasteiger charge is -2.22. The Morgan fingerprint density at radius 1 is 1.18 bits per heavy atom. The number of nitriles is 1. The molecule has 1 aromatic heterocycles. The first-order valence-electron chi connectivity index (χ1n) is 8.57. The van der Waals surface area contributed by atoms with Crippen LogP contribution < -0.4 is 5.32 Å². The van der Waals surface area contributed by atoms with Crippen molar-refractivity contribution in [1.82, 2.24) is 15.1 Å². The van der Waals surface area contributed by atoms with Crippen molar-refractivity contribution in [3.8, 4) is 23.1 Å². The number of halogens is 2. The lowest BCUT2D eigenvalue weighted by Crippen LogP contribution is -2.35. The van der Waals surface area contributed by atoms with Crippen LogP contribution in [-0.2, 0) is 4.74 Å². The first kappa shape index (κ1) is 18.5. The van der Waals surface area contributed by atoms with E-state index in [1.165, 1.54) is 0 Å². The van der Waals surface area contributed by atoms with E-state index in [4.69, 9.17) is 33.2 Å². The number of ether oxygens (including phenoxy) is 1. The van der Waals surface area contributed by atoms with E-state index in [0.29, 0.717) is 34.8 Å². The van der Waals surface area contributed by atoms with Gasteiger partial charge in [0, 0.05) is 10.6 Å². The SMILES string of the molecule is N#CNC(=NC1COC1)c1cc(-c2ccc(Cl)cc2)n(-c2ccccc2Cl)n1. The fraction of sp³-hybridized carbons (Fsp3) is 0.150. The maximum absolute atomic E-state index is 9.14. The van der Waals surface area contributed by atoms with Crippen LogP contribution >= 0.6 is 23.2 Å². The number of rotatable bonds is 4. The van der Waals surface area contributed by atoms with Crippen molar-refractivity contribution >= 4 is 29.0 Å². The number of aliphatic imine (C=N–C) groups is 1. The summed E-state index contributed by atoms with van der Waals surface area (Å²) in [7, 11) is 0. The van der Waals surface area contributed by atoms with E-state index in [1.54, 1.807) is 10.7 Å². The van der Waals surface area contributed by atoms with Crippen LogP contribution in [0.3, 0.4) is 0 Å². The highest BCUT2D eigenvalue weighted by atomic mass is 35.5. The standard InChI is InChI=1S/C20H15Cl2N5O/c21-14-7-5-13(6-8-14)19-9-17(20(24-12-23)25-15-10-28-11-15)26-27(19)18-4-2-1-3-16(18)22/h1-9,15H,10-11H2,(H,24,25). The van der Waals surface area contributed by atoms with Crippen molar-refractivity contribution in [2.24, 2.45) is 4.99 Å². The number of nitrogens with zero attached hydrogens (tertiary/aromatic N) is 4. The molecule has 0 spiro atoms. The minimum absolute atomic E-state index is 0.0142. The Labute approximate surface area is 172 Å². The van der Waals surface area contributed by atoms with Gasteiger partial charge in [-0.05, 0) is 30.3 Å². The molecule has 2 aromatic carbocycles. The van der Waals surface area contributed by atoms with Crippen LogP contribution in [0.4, 0.5) is 0 Å². The second-order valence-electron chi connectivity index (χ2n) is 6.19. The molecule has 0 amide bonds. The van der Waals surface area contributed by atoms with Gasteiger partial charge in [-0.25, -0.2) is 4.68 Å². The average molecular weight is 412 g/mol. The number of aromatic nitrogens is 2. The summed E-state index contributed by atoms with van der Waals surface area (Å²) in [5, 5.41) is 17.7. The molecule has 3 aromatic rings. The van der Waals surface area contributed by atoms with E-state index in [2.05, 4.69) is 15.4 Å². The van der Waals surface area contributed by atoms with E-state index in [0.717, 1.165) is 16.9 Å². The number of para-hydroxylation sites is 1. The molecular formula is C20H15Cl2N5O. The van der Waals surface area contributed by atoms with E-state index < -0.39 is 0 Å². The van der Waals surface area contributed by atoms with Gasteiger partial charge in [0.25, 0.3) is 0 Å². The smallest absolute Gasteiger partial charge is 0.182 e. The predicted octanol–water partition coefficient (Wildman–Crippen LogP) is 4.06. The van der Waals surface area contributed by atoms with Crippen molar-refractivity contribution in [2.75, 3.05) is 13.2 Å². The fourth-order valence-electron chi connectivity index (χ4n) is 2.83. The molecule has 4 rings (SSSR count). The van der Waals surface area contributed by atoms with Gasteiger partial charge in [0.2, 0.25) is 0 Å². The lowest BCUT2D eigenvalue weighted by molar-refractivity contribution is 0.0132. The van der Waals surface area contributed by atoms with Crippen LogP contribution in [0.5, 0.6) is 0 Å². The van der Waals surface area contributed by atoms with Crippen LogP contribution in [-0.4, -0.2) is 34.9 Å². The van der Waals surface area contributed by atoms with Gasteiger partial charge < -0.3 is 4.74 Å². The third-order valence-corrected chi connectivity index (χ3v) is 4.85. The van der Waals surface area contributed by atoms with Crippen LogP contribution in [0.25, 0.3) is 16.9 Å². The summed E-state index contributed by atoms with van der Waals surface area (Å²) >= 11 is 12.4. The Bertz CT molecular complexity index is 1060. The van der Waals surface area contributed by atoms with Gasteiger partial charge >= 0.3 is 0 Å². The molecule has 1 aliphatic rings. The minimum atomic E-state index is 0.0142. The molecule has 0 bridgehead atoms. The number of hydrogen-bond acceptors (Lipinski definition) is 4. The maximum Gasteiger partial charge on any atom is 0.182 e. The molecule has 6 nitrogen and oxygen atoms in total. The number of nitrogens with one attached hydrogen (secondary N) is 1. The van der Waals surface area contributed by atoms with Gasteiger partial charge in [0.15, 0.2) is 12.0 Å². The molecule has 0 atom stereocenters. The van der Waals surface area contributed by atoms with E-state index >= 15 is 0 Å². The summed E-state index contributed by atoms with van der Waals surface area (Å²) in [5.41, 5.74) is 2.98. The largest absolute Gasteiger partial charge is 0.377 e. The van der Waals surface area contributed by atoms with E-state index in [-0.39, 0.29) is 6.04 Å². The molecule has 1 N–H and O–H groups in total. The Kier molecular flexibility index (Phi) is 5.31. The van der Waals surface area contributed by atoms with E-state index in [9.17, 15) is 0 Å². The predicted molar refractivity (Wildman–Crippen MR) is 109 cm³/mol. The minimum Gasteiger partial charge on any atom is -0.377 e. The van der Waals surface area contributed by atoms with Crippen molar-refractivity contribution in [1.29, 1.82) is 5.26 Å². The van der Waals surface area contributed by atoms with Gasteiger partial charge in [-0.3, -0.25) is 10.3 Å². The molecule has 1 saturated heterocycles. The monoisotopic (exact) mass is 411 g/mol. The average Bonchev–Trinajstić information content (AvgIpc) is 3.09. The van der Waals surface area contributed by atoms with Crippen LogP contribution in [0.2, 0.25) is 10.0 Å². The summed E-state index contributed by atoms with van der Waals surface area (Å²) in [4.78, 5) is 4.55. The highest BCUT2D eigenvalue weighted by molar-refractivity contribution is 6.32. The van der Waals surface area contributed by atoms with Crippen molar-refractivity contribution in [3.05, 3.63) is 70.3 Å². The van der Waals surface area contributed by atoms with Crippen molar-refractivity contribution in [3.63, 3.8) is 0 Å². The Hall–Kier alpha value is -2.85.